The van der Waals surface area contributed by atoms with Gasteiger partial charge < -0.3 is 19.3 Å². The van der Waals surface area contributed by atoms with Crippen molar-refractivity contribution in [2.45, 2.75) is 24.9 Å². The predicted octanol–water partition coefficient (Wildman–Crippen LogP) is 2.18. The van der Waals surface area contributed by atoms with E-state index in [9.17, 15) is 14.7 Å². The van der Waals surface area contributed by atoms with Crippen molar-refractivity contribution in [3.8, 4) is 0 Å². The fourth-order valence-electron chi connectivity index (χ4n) is 2.56. The molecule has 0 saturated carbocycles. The van der Waals surface area contributed by atoms with Crippen LogP contribution < -0.4 is 0 Å². The number of carbonyl (C=O) groups excluding carboxylic acids is 2. The topological polar surface area (TPSA) is 82.1 Å². The van der Waals surface area contributed by atoms with Crippen LogP contribution in [0.1, 0.15) is 27.1 Å². The summed E-state index contributed by atoms with van der Waals surface area (Å²) in [5.41, 5.74) is 0.822. The number of hydrogen-bond donors (Lipinski definition) is 1. The Balaban J connectivity index is 1.58. The second kappa shape index (κ2) is 7.92. The maximum Gasteiger partial charge on any atom is 0.338 e. The molecular formula is C19H18O6. The van der Waals surface area contributed by atoms with Gasteiger partial charge in [0.2, 0.25) is 0 Å². The molecule has 0 spiro atoms. The van der Waals surface area contributed by atoms with Crippen LogP contribution in [0.15, 0.2) is 60.7 Å². The Morgan fingerprint density at radius 2 is 1.52 bits per heavy atom. The summed E-state index contributed by atoms with van der Waals surface area (Å²) < 4.78 is 15.9. The first-order chi connectivity index (χ1) is 12.1. The second-order valence-electron chi connectivity index (χ2n) is 5.64. The maximum absolute atomic E-state index is 12.1. The summed E-state index contributed by atoms with van der Waals surface area (Å²) in [5.74, 6) is -1.01. The number of aliphatic hydroxyl groups is 1. The highest BCUT2D eigenvalue weighted by molar-refractivity contribution is 5.90. The Bertz CT molecular complexity index is 715. The highest BCUT2D eigenvalue weighted by atomic mass is 16.7. The number of aliphatic hydroxyl groups excluding tert-OH is 1. The molecule has 3 atom stereocenters. The van der Waals surface area contributed by atoms with Crippen LogP contribution in [0, 0.1) is 0 Å². The van der Waals surface area contributed by atoms with E-state index in [4.69, 9.17) is 14.2 Å². The van der Waals surface area contributed by atoms with E-state index in [-0.39, 0.29) is 13.0 Å². The van der Waals surface area contributed by atoms with Gasteiger partial charge in [-0.25, -0.2) is 9.59 Å². The summed E-state index contributed by atoms with van der Waals surface area (Å²) >= 11 is 0. The average molecular weight is 342 g/mol. The lowest BCUT2D eigenvalue weighted by Gasteiger charge is -2.18. The molecule has 1 fully saturated rings. The van der Waals surface area contributed by atoms with Gasteiger partial charge in [-0.05, 0) is 24.3 Å². The lowest BCUT2D eigenvalue weighted by molar-refractivity contribution is -0.110. The molecule has 130 valence electrons. The van der Waals surface area contributed by atoms with Gasteiger partial charge in [-0.3, -0.25) is 0 Å². The molecule has 1 saturated heterocycles. The molecule has 3 rings (SSSR count). The van der Waals surface area contributed by atoms with Crippen molar-refractivity contribution in [2.24, 2.45) is 0 Å². The van der Waals surface area contributed by atoms with Gasteiger partial charge in [-0.2, -0.15) is 0 Å². The number of hydrogen-bond acceptors (Lipinski definition) is 6. The van der Waals surface area contributed by atoms with Crippen LogP contribution in [0.4, 0.5) is 0 Å². The van der Waals surface area contributed by atoms with E-state index in [1.807, 2.05) is 0 Å². The summed E-state index contributed by atoms with van der Waals surface area (Å²) in [4.78, 5) is 24.1. The van der Waals surface area contributed by atoms with Crippen LogP contribution in [0.25, 0.3) is 0 Å². The third kappa shape index (κ3) is 4.43. The molecule has 1 heterocycles. The molecule has 25 heavy (non-hydrogen) atoms. The maximum atomic E-state index is 12.1. The normalized spacial score (nSPS) is 22.4. The van der Waals surface area contributed by atoms with Gasteiger partial charge in [-0.1, -0.05) is 36.4 Å². The van der Waals surface area contributed by atoms with Crippen molar-refractivity contribution in [1.29, 1.82) is 0 Å². The van der Waals surface area contributed by atoms with Crippen molar-refractivity contribution < 1.29 is 28.9 Å². The molecule has 2 aromatic rings. The van der Waals surface area contributed by atoms with Gasteiger partial charge in [-0.15, -0.1) is 0 Å². The summed E-state index contributed by atoms with van der Waals surface area (Å²) in [6.45, 7) is -0.114. The van der Waals surface area contributed by atoms with E-state index in [0.29, 0.717) is 11.1 Å². The quantitative estimate of drug-likeness (QED) is 0.839. The number of benzene rings is 2. The van der Waals surface area contributed by atoms with Gasteiger partial charge in [0, 0.05) is 6.42 Å². The van der Waals surface area contributed by atoms with Gasteiger partial charge in [0.1, 0.15) is 18.8 Å². The molecule has 1 unspecified atom stereocenters. The Morgan fingerprint density at radius 1 is 0.960 bits per heavy atom. The number of ether oxygens (including phenoxy) is 3. The minimum Gasteiger partial charge on any atom is -0.459 e. The molecule has 0 radical (unpaired) electrons. The van der Waals surface area contributed by atoms with Crippen LogP contribution in [-0.4, -0.2) is 42.1 Å². The van der Waals surface area contributed by atoms with Crippen molar-refractivity contribution >= 4 is 11.9 Å². The first-order valence-corrected chi connectivity index (χ1v) is 7.95. The minimum atomic E-state index is -1.06. The van der Waals surface area contributed by atoms with Crippen LogP contribution in [0.5, 0.6) is 0 Å². The molecule has 1 aliphatic heterocycles. The largest absolute Gasteiger partial charge is 0.459 e. The van der Waals surface area contributed by atoms with Gasteiger partial charge in [0.05, 0.1) is 11.1 Å². The van der Waals surface area contributed by atoms with Crippen LogP contribution in [-0.2, 0) is 14.2 Å². The molecule has 0 aliphatic carbocycles. The molecule has 0 bridgehead atoms. The van der Waals surface area contributed by atoms with Crippen molar-refractivity contribution in [3.05, 3.63) is 71.8 Å². The van der Waals surface area contributed by atoms with E-state index in [1.54, 1.807) is 60.7 Å². The predicted molar refractivity (Wildman–Crippen MR) is 87.9 cm³/mol. The highest BCUT2D eigenvalue weighted by Crippen LogP contribution is 2.23. The zero-order chi connectivity index (χ0) is 17.6. The third-order valence-electron chi connectivity index (χ3n) is 3.84. The Labute approximate surface area is 144 Å². The summed E-state index contributed by atoms with van der Waals surface area (Å²) in [5, 5.41) is 9.68. The molecule has 6 heteroatoms. The zero-order valence-corrected chi connectivity index (χ0v) is 13.4. The van der Waals surface area contributed by atoms with Gasteiger partial charge in [0.15, 0.2) is 6.29 Å². The zero-order valence-electron chi connectivity index (χ0n) is 13.4. The van der Waals surface area contributed by atoms with Crippen LogP contribution in [0.2, 0.25) is 0 Å². The van der Waals surface area contributed by atoms with E-state index in [2.05, 4.69) is 0 Å². The molecule has 6 nitrogen and oxygen atoms in total. The molecule has 1 aliphatic rings. The Morgan fingerprint density at radius 3 is 2.12 bits per heavy atom. The monoisotopic (exact) mass is 342 g/mol. The van der Waals surface area contributed by atoms with E-state index >= 15 is 0 Å². The molecular weight excluding hydrogens is 324 g/mol. The first-order valence-electron chi connectivity index (χ1n) is 7.95. The fourth-order valence-corrected chi connectivity index (χ4v) is 2.56. The highest BCUT2D eigenvalue weighted by Gasteiger charge is 2.38. The van der Waals surface area contributed by atoms with Gasteiger partial charge >= 0.3 is 11.9 Å². The number of rotatable bonds is 5. The van der Waals surface area contributed by atoms with E-state index < -0.39 is 30.4 Å². The fraction of sp³-hybridized carbons (Fsp3) is 0.263. The summed E-state index contributed by atoms with van der Waals surface area (Å²) in [6.07, 6.45) is -2.33. The van der Waals surface area contributed by atoms with Crippen molar-refractivity contribution in [1.82, 2.24) is 0 Å². The molecule has 1 N–H and O–H groups in total. The Hall–Kier alpha value is -2.70. The average Bonchev–Trinajstić information content (AvgIpc) is 3.00. The van der Waals surface area contributed by atoms with Crippen molar-refractivity contribution in [3.63, 3.8) is 0 Å². The standard InChI is InChI=1S/C19H18O6/c20-17-11-15(25-19(22)14-9-5-2-6-10-14)16(24-17)12-23-18(21)13-7-3-1-4-8-13/h1-10,15-17,20H,11-12H2/t15-,16?,17+/m0/s1. The third-order valence-corrected chi connectivity index (χ3v) is 3.84. The lowest BCUT2D eigenvalue weighted by atomic mass is 10.1. The van der Waals surface area contributed by atoms with Gasteiger partial charge in [0.25, 0.3) is 0 Å². The van der Waals surface area contributed by atoms with Crippen molar-refractivity contribution in [2.75, 3.05) is 6.61 Å². The Kier molecular flexibility index (Phi) is 5.42. The SMILES string of the molecule is O=C(OCC1O[C@@H](O)C[C@@H]1OC(=O)c1ccccc1)c1ccccc1. The summed E-state index contributed by atoms with van der Waals surface area (Å²) in [7, 11) is 0. The van der Waals surface area contributed by atoms with Crippen LogP contribution >= 0.6 is 0 Å². The first kappa shape index (κ1) is 17.1. The van der Waals surface area contributed by atoms with E-state index in [1.165, 1.54) is 0 Å². The molecule has 0 aromatic heterocycles. The molecule has 0 amide bonds. The molecule has 2 aromatic carbocycles. The number of esters is 2. The smallest absolute Gasteiger partial charge is 0.338 e. The number of carbonyl (C=O) groups is 2. The lowest BCUT2D eigenvalue weighted by Crippen LogP contribution is -2.32. The minimum absolute atomic E-state index is 0.114. The second-order valence-corrected chi connectivity index (χ2v) is 5.64. The van der Waals surface area contributed by atoms with Crippen LogP contribution in [0.3, 0.4) is 0 Å². The van der Waals surface area contributed by atoms with E-state index in [0.717, 1.165) is 0 Å². The summed E-state index contributed by atoms with van der Waals surface area (Å²) in [6, 6.07) is 17.1.